The molecule has 39 heavy (non-hydrogen) atoms. The van der Waals surface area contributed by atoms with E-state index in [1.54, 1.807) is 36.4 Å². The number of hydrogen-bond donors (Lipinski definition) is 0. The summed E-state index contributed by atoms with van der Waals surface area (Å²) in [6.07, 6.45) is 1.26. The van der Waals surface area contributed by atoms with Crippen molar-refractivity contribution in [2.24, 2.45) is 11.8 Å². The highest BCUT2D eigenvalue weighted by Crippen LogP contribution is 2.45. The summed E-state index contributed by atoms with van der Waals surface area (Å²) in [6.45, 7) is 0. The first kappa shape index (κ1) is 27.1. The number of Topliss-reactive ketones (excluding diaryl/α,β-unsaturated/α-hetero) is 1. The third-order valence-electron chi connectivity index (χ3n) is 7.60. The predicted molar refractivity (Wildman–Crippen MR) is 149 cm³/mol. The van der Waals surface area contributed by atoms with Gasteiger partial charge in [-0.1, -0.05) is 41.9 Å². The van der Waals surface area contributed by atoms with Crippen molar-refractivity contribution in [3.05, 3.63) is 101 Å². The minimum atomic E-state index is -1.06. The summed E-state index contributed by atoms with van der Waals surface area (Å²) < 4.78 is 5.51. The fraction of sp³-hybridized carbons (Fsp3) is 0.290. The molecule has 0 aromatic heterocycles. The molecule has 2 fully saturated rings. The zero-order chi connectivity index (χ0) is 27.5. The van der Waals surface area contributed by atoms with Crippen molar-refractivity contribution in [1.29, 1.82) is 0 Å². The largest absolute Gasteiger partial charge is 0.450 e. The van der Waals surface area contributed by atoms with Crippen LogP contribution in [-0.4, -0.2) is 35.6 Å². The van der Waals surface area contributed by atoms with Crippen molar-refractivity contribution in [3.63, 3.8) is 0 Å². The third-order valence-corrected chi connectivity index (χ3v) is 8.07. The summed E-state index contributed by atoms with van der Waals surface area (Å²) in [7, 11) is 0. The minimum Gasteiger partial charge on any atom is -0.450 e. The van der Waals surface area contributed by atoms with E-state index >= 15 is 0 Å². The summed E-state index contributed by atoms with van der Waals surface area (Å²) in [5.41, 5.74) is 2.17. The molecule has 0 bridgehead atoms. The van der Waals surface area contributed by atoms with Crippen molar-refractivity contribution >= 4 is 52.5 Å². The normalized spacial score (nSPS) is 21.4. The lowest BCUT2D eigenvalue weighted by Gasteiger charge is -2.28. The highest BCUT2D eigenvalue weighted by Gasteiger charge is 2.50. The maximum absolute atomic E-state index is 13.3. The predicted octanol–water partition coefficient (Wildman–Crippen LogP) is 6.45. The second-order valence-corrected chi connectivity index (χ2v) is 10.7. The molecule has 0 radical (unpaired) electrons. The summed E-state index contributed by atoms with van der Waals surface area (Å²) >= 11 is 11.8. The average molecular weight is 564 g/mol. The molecule has 1 aliphatic heterocycles. The van der Waals surface area contributed by atoms with Gasteiger partial charge in [0.15, 0.2) is 6.10 Å². The van der Waals surface area contributed by atoms with Crippen molar-refractivity contribution in [2.75, 3.05) is 10.8 Å². The van der Waals surface area contributed by atoms with Crippen molar-refractivity contribution in [2.45, 2.75) is 37.7 Å². The van der Waals surface area contributed by atoms with Gasteiger partial charge in [-0.05, 0) is 79.3 Å². The number of anilines is 1. The maximum atomic E-state index is 13.3. The number of alkyl halides is 1. The van der Waals surface area contributed by atoms with Crippen LogP contribution >= 0.6 is 23.2 Å². The van der Waals surface area contributed by atoms with Gasteiger partial charge in [0.2, 0.25) is 17.6 Å². The van der Waals surface area contributed by atoms with Gasteiger partial charge in [-0.3, -0.25) is 19.3 Å². The number of fused-ring (bicyclic) bond motifs is 1. The summed E-state index contributed by atoms with van der Waals surface area (Å²) in [4.78, 5) is 53.6. The lowest BCUT2D eigenvalue weighted by molar-refractivity contribution is -0.122. The van der Waals surface area contributed by atoms with Crippen molar-refractivity contribution in [1.82, 2.24) is 0 Å². The van der Waals surface area contributed by atoms with Gasteiger partial charge in [-0.2, -0.15) is 0 Å². The highest BCUT2D eigenvalue weighted by molar-refractivity contribution is 6.30. The Morgan fingerprint density at radius 1 is 0.846 bits per heavy atom. The van der Waals surface area contributed by atoms with Crippen LogP contribution in [-0.2, 0) is 14.3 Å². The Hall–Kier alpha value is -3.48. The molecule has 200 valence electrons. The number of rotatable bonds is 8. The van der Waals surface area contributed by atoms with E-state index in [1.165, 1.54) is 22.6 Å². The Morgan fingerprint density at radius 2 is 1.49 bits per heavy atom. The van der Waals surface area contributed by atoms with E-state index in [4.69, 9.17) is 27.9 Å². The van der Waals surface area contributed by atoms with Gasteiger partial charge in [0.05, 0.1) is 23.1 Å². The molecule has 0 N–H and O–H groups in total. The lowest BCUT2D eigenvalue weighted by atomic mass is 9.73. The molecule has 1 aliphatic carbocycles. The number of nitrogens with zero attached hydrogens (tertiary/aromatic N) is 1. The molecule has 2 amide bonds. The van der Waals surface area contributed by atoms with Crippen LogP contribution < -0.4 is 4.90 Å². The van der Waals surface area contributed by atoms with E-state index in [0.717, 1.165) is 6.42 Å². The summed E-state index contributed by atoms with van der Waals surface area (Å²) in [6, 6.07) is 22.5. The molecule has 0 unspecified atom stereocenters. The van der Waals surface area contributed by atoms with Gasteiger partial charge in [0, 0.05) is 22.9 Å². The van der Waals surface area contributed by atoms with Crippen LogP contribution in [0.2, 0.25) is 5.02 Å². The van der Waals surface area contributed by atoms with Gasteiger partial charge in [0.1, 0.15) is 0 Å². The van der Waals surface area contributed by atoms with Gasteiger partial charge in [-0.15, -0.1) is 11.6 Å². The molecule has 4 atom stereocenters. The Bertz CT molecular complexity index is 1370. The first-order valence-corrected chi connectivity index (χ1v) is 13.9. The van der Waals surface area contributed by atoms with Crippen LogP contribution in [0.3, 0.4) is 0 Å². The van der Waals surface area contributed by atoms with E-state index in [-0.39, 0.29) is 53.2 Å². The summed E-state index contributed by atoms with van der Waals surface area (Å²) in [5.74, 6) is -1.76. The molecular formula is C31H27Cl2NO5. The molecule has 3 aromatic rings. The molecule has 2 aliphatic rings. The number of hydrogen-bond acceptors (Lipinski definition) is 5. The number of ketones is 1. The quantitative estimate of drug-likeness (QED) is 0.136. The molecule has 5 rings (SSSR count). The molecule has 1 saturated heterocycles. The SMILES string of the molecule is O=C(O[C@H](CCCl)C(=O)c1ccc(Cl)cc1)c1ccc(N2C(=O)[C@@H]3CC[C@H](c4ccccc4)C[C@H]3C2=O)cc1. The van der Waals surface area contributed by atoms with E-state index in [0.29, 0.717) is 29.1 Å². The van der Waals surface area contributed by atoms with E-state index in [2.05, 4.69) is 12.1 Å². The number of carbonyl (C=O) groups is 4. The Kier molecular flexibility index (Phi) is 8.15. The number of ether oxygens (including phenoxy) is 1. The van der Waals surface area contributed by atoms with E-state index in [1.807, 2.05) is 18.2 Å². The lowest BCUT2D eigenvalue weighted by Crippen LogP contribution is -2.31. The zero-order valence-electron chi connectivity index (χ0n) is 21.1. The monoisotopic (exact) mass is 563 g/mol. The first-order chi connectivity index (χ1) is 18.9. The first-order valence-electron chi connectivity index (χ1n) is 13.0. The van der Waals surface area contributed by atoms with Crippen LogP contribution in [0.5, 0.6) is 0 Å². The Labute approximate surface area is 236 Å². The number of imide groups is 1. The second-order valence-electron chi connectivity index (χ2n) is 9.94. The second kappa shape index (κ2) is 11.7. The zero-order valence-corrected chi connectivity index (χ0v) is 22.6. The van der Waals surface area contributed by atoms with Crippen LogP contribution in [0.25, 0.3) is 0 Å². The fourth-order valence-corrected chi connectivity index (χ4v) is 5.87. The van der Waals surface area contributed by atoms with Crippen molar-refractivity contribution < 1.29 is 23.9 Å². The number of esters is 1. The maximum Gasteiger partial charge on any atom is 0.338 e. The number of halogens is 2. The smallest absolute Gasteiger partial charge is 0.338 e. The van der Waals surface area contributed by atoms with Gasteiger partial charge in [-0.25, -0.2) is 4.79 Å². The van der Waals surface area contributed by atoms with Gasteiger partial charge in [0.25, 0.3) is 0 Å². The van der Waals surface area contributed by atoms with E-state index in [9.17, 15) is 19.2 Å². The third kappa shape index (κ3) is 5.63. The molecule has 8 heteroatoms. The minimum absolute atomic E-state index is 0.128. The number of benzene rings is 3. The highest BCUT2D eigenvalue weighted by atomic mass is 35.5. The molecule has 1 saturated carbocycles. The number of amides is 2. The van der Waals surface area contributed by atoms with E-state index < -0.39 is 12.1 Å². The summed E-state index contributed by atoms with van der Waals surface area (Å²) in [5, 5.41) is 0.489. The van der Waals surface area contributed by atoms with Crippen LogP contribution in [0.15, 0.2) is 78.9 Å². The Balaban J connectivity index is 1.27. The van der Waals surface area contributed by atoms with Crippen molar-refractivity contribution in [3.8, 4) is 0 Å². The van der Waals surface area contributed by atoms with Gasteiger partial charge >= 0.3 is 5.97 Å². The van der Waals surface area contributed by atoms with Crippen LogP contribution in [0.4, 0.5) is 5.69 Å². The molecule has 6 nitrogen and oxygen atoms in total. The Morgan fingerprint density at radius 3 is 2.15 bits per heavy atom. The van der Waals surface area contributed by atoms with Crippen LogP contribution in [0.1, 0.15) is 57.9 Å². The van der Waals surface area contributed by atoms with Crippen LogP contribution in [0, 0.1) is 11.8 Å². The molecule has 0 spiro atoms. The molecule has 3 aromatic carbocycles. The number of carbonyl (C=O) groups excluding carboxylic acids is 4. The van der Waals surface area contributed by atoms with Gasteiger partial charge < -0.3 is 4.74 Å². The average Bonchev–Trinajstić information content (AvgIpc) is 3.22. The molecular weight excluding hydrogens is 537 g/mol. The topological polar surface area (TPSA) is 80.8 Å². The molecule has 1 heterocycles. The standard InChI is InChI=1S/C31H27Cl2NO5/c32-17-16-27(28(35)20-6-11-23(33)12-7-20)39-31(38)21-8-13-24(14-9-21)34-29(36)25-15-10-22(18-26(25)30(34)37)19-4-2-1-3-5-19/h1-9,11-14,22,25-27H,10,15-18H2/t22-,25+,26+,27+/m0/s1. The fourth-order valence-electron chi connectivity index (χ4n) is 5.55.